The first kappa shape index (κ1) is 14.7. The Morgan fingerprint density at radius 3 is 2.58 bits per heavy atom. The minimum absolute atomic E-state index is 0.273. The van der Waals surface area contributed by atoms with Gasteiger partial charge in [0.05, 0.1) is 6.61 Å². The van der Waals surface area contributed by atoms with E-state index in [1.807, 2.05) is 37.3 Å². The van der Waals surface area contributed by atoms with Crippen molar-refractivity contribution in [2.45, 2.75) is 13.3 Å². The zero-order valence-corrected chi connectivity index (χ0v) is 10.8. The number of hydrogen-bond acceptors (Lipinski definition) is 4. The van der Waals surface area contributed by atoms with Crippen molar-refractivity contribution >= 4 is 18.0 Å². The van der Waals surface area contributed by atoms with Gasteiger partial charge >= 0.3 is 11.9 Å². The number of esters is 2. The van der Waals surface area contributed by atoms with Crippen LogP contribution in [0.5, 0.6) is 0 Å². The Morgan fingerprint density at radius 2 is 1.95 bits per heavy atom. The Balaban J connectivity index is 2.45. The van der Waals surface area contributed by atoms with E-state index < -0.39 is 11.9 Å². The third-order valence-corrected chi connectivity index (χ3v) is 2.10. The van der Waals surface area contributed by atoms with Gasteiger partial charge in [-0.15, -0.1) is 0 Å². The van der Waals surface area contributed by atoms with Gasteiger partial charge in [0.1, 0.15) is 0 Å². The van der Waals surface area contributed by atoms with Gasteiger partial charge in [0.15, 0.2) is 0 Å². The van der Waals surface area contributed by atoms with Gasteiger partial charge in [0.25, 0.3) is 0 Å². The van der Waals surface area contributed by atoms with Crippen molar-refractivity contribution in [3.63, 3.8) is 0 Å². The predicted octanol–water partition coefficient (Wildman–Crippen LogP) is 2.71. The smallest absolute Gasteiger partial charge is 0.373 e. The molecule has 0 radical (unpaired) electrons. The first-order valence-electron chi connectivity index (χ1n) is 5.94. The molecule has 0 fully saturated rings. The average Bonchev–Trinajstić information content (AvgIpc) is 2.43. The summed E-state index contributed by atoms with van der Waals surface area (Å²) in [4.78, 5) is 22.7. The highest BCUT2D eigenvalue weighted by Gasteiger charge is 2.12. The van der Waals surface area contributed by atoms with Crippen molar-refractivity contribution in [2.24, 2.45) is 0 Å². The molecule has 0 amide bonds. The van der Waals surface area contributed by atoms with Crippen molar-refractivity contribution in [3.8, 4) is 0 Å². The second kappa shape index (κ2) is 7.87. The molecule has 0 aromatic heterocycles. The van der Waals surface area contributed by atoms with Gasteiger partial charge in [-0.05, 0) is 24.6 Å². The van der Waals surface area contributed by atoms with E-state index in [2.05, 4.69) is 6.58 Å². The number of hydrogen-bond donors (Lipinski definition) is 0. The van der Waals surface area contributed by atoms with E-state index in [0.29, 0.717) is 6.42 Å². The van der Waals surface area contributed by atoms with E-state index >= 15 is 0 Å². The lowest BCUT2D eigenvalue weighted by Crippen LogP contribution is -2.12. The van der Waals surface area contributed by atoms with Crippen LogP contribution in [0.3, 0.4) is 0 Å². The summed E-state index contributed by atoms with van der Waals surface area (Å²) in [6.45, 7) is 5.49. The van der Waals surface area contributed by atoms with Gasteiger partial charge in [-0.25, -0.2) is 9.59 Å². The topological polar surface area (TPSA) is 52.6 Å². The molecule has 0 aliphatic carbocycles. The summed E-state index contributed by atoms with van der Waals surface area (Å²) >= 11 is 0. The minimum Gasteiger partial charge on any atom is -0.460 e. The summed E-state index contributed by atoms with van der Waals surface area (Å²) in [5, 5.41) is 0. The van der Waals surface area contributed by atoms with Gasteiger partial charge in [-0.3, -0.25) is 0 Å². The summed E-state index contributed by atoms with van der Waals surface area (Å²) in [5.74, 6) is -1.69. The number of rotatable bonds is 6. The van der Waals surface area contributed by atoms with E-state index in [0.717, 1.165) is 5.56 Å². The van der Waals surface area contributed by atoms with Crippen LogP contribution in [0.15, 0.2) is 48.7 Å². The highest BCUT2D eigenvalue weighted by Crippen LogP contribution is 2.03. The molecule has 0 unspecified atom stereocenters. The van der Waals surface area contributed by atoms with Crippen molar-refractivity contribution in [1.82, 2.24) is 0 Å². The molecule has 4 heteroatoms. The molecule has 0 bridgehead atoms. The van der Waals surface area contributed by atoms with E-state index in [9.17, 15) is 9.59 Å². The molecule has 1 aromatic carbocycles. The quantitative estimate of drug-likeness (QED) is 0.448. The Labute approximate surface area is 112 Å². The minimum atomic E-state index is -0.719. The van der Waals surface area contributed by atoms with Crippen LogP contribution >= 0.6 is 0 Å². The fraction of sp³-hybridized carbons (Fsp3) is 0.200. The second-order valence-corrected chi connectivity index (χ2v) is 3.72. The molecular formula is C15H16O4. The molecular weight excluding hydrogens is 244 g/mol. The Bertz CT molecular complexity index is 474. The normalized spacial score (nSPS) is 10.2. The number of carbonyl (C=O) groups is 2. The summed E-state index contributed by atoms with van der Waals surface area (Å²) in [6, 6.07) is 9.27. The highest BCUT2D eigenvalue weighted by molar-refractivity contribution is 5.93. The fourth-order valence-electron chi connectivity index (χ4n) is 1.20. The number of ether oxygens (including phenoxy) is 2. The van der Waals surface area contributed by atoms with Crippen LogP contribution in [-0.4, -0.2) is 18.5 Å². The molecule has 1 rings (SSSR count). The average molecular weight is 260 g/mol. The maximum Gasteiger partial charge on any atom is 0.373 e. The molecule has 0 saturated carbocycles. The molecule has 1 aromatic rings. The predicted molar refractivity (Wildman–Crippen MR) is 72.0 cm³/mol. The zero-order chi connectivity index (χ0) is 14.1. The molecule has 19 heavy (non-hydrogen) atoms. The first-order valence-corrected chi connectivity index (χ1v) is 5.94. The zero-order valence-electron chi connectivity index (χ0n) is 10.8. The van der Waals surface area contributed by atoms with E-state index in [1.54, 1.807) is 6.08 Å². The molecule has 0 spiro atoms. The molecule has 0 aliphatic rings. The fourth-order valence-corrected chi connectivity index (χ4v) is 1.20. The summed E-state index contributed by atoms with van der Waals surface area (Å²) in [7, 11) is 0. The van der Waals surface area contributed by atoms with Crippen molar-refractivity contribution in [3.05, 3.63) is 54.3 Å². The van der Waals surface area contributed by atoms with Crippen LogP contribution in [0, 0.1) is 0 Å². The van der Waals surface area contributed by atoms with E-state index in [4.69, 9.17) is 9.47 Å². The molecule has 0 atom stereocenters. The highest BCUT2D eigenvalue weighted by atomic mass is 16.6. The van der Waals surface area contributed by atoms with Gasteiger partial charge in [-0.2, -0.15) is 0 Å². The van der Waals surface area contributed by atoms with Crippen molar-refractivity contribution in [2.75, 3.05) is 6.61 Å². The first-order chi connectivity index (χ1) is 9.13. The molecule has 4 nitrogen and oxygen atoms in total. The van der Waals surface area contributed by atoms with E-state index in [-0.39, 0.29) is 12.4 Å². The Hall–Kier alpha value is -2.36. The monoisotopic (exact) mass is 260 g/mol. The number of benzene rings is 1. The van der Waals surface area contributed by atoms with Gasteiger partial charge in [0, 0.05) is 6.08 Å². The van der Waals surface area contributed by atoms with Crippen LogP contribution in [0.2, 0.25) is 0 Å². The van der Waals surface area contributed by atoms with Gasteiger partial charge in [0.2, 0.25) is 5.76 Å². The number of carbonyl (C=O) groups excluding carboxylic acids is 2. The third kappa shape index (κ3) is 5.68. The standard InChI is InChI=1S/C15H16O4/c1-3-11-18-15(17)12(2)19-14(16)10-9-13-7-5-4-6-8-13/h4-10H,2-3,11H2,1H3/b10-9+. The van der Waals surface area contributed by atoms with Crippen molar-refractivity contribution in [1.29, 1.82) is 0 Å². The summed E-state index contributed by atoms with van der Waals surface area (Å²) in [6.07, 6.45) is 3.52. The van der Waals surface area contributed by atoms with E-state index in [1.165, 1.54) is 6.08 Å². The van der Waals surface area contributed by atoms with Crippen LogP contribution in [0.1, 0.15) is 18.9 Å². The largest absolute Gasteiger partial charge is 0.460 e. The molecule has 0 heterocycles. The molecule has 0 N–H and O–H groups in total. The lowest BCUT2D eigenvalue weighted by atomic mass is 10.2. The molecule has 100 valence electrons. The van der Waals surface area contributed by atoms with Crippen LogP contribution in [-0.2, 0) is 19.1 Å². The summed E-state index contributed by atoms with van der Waals surface area (Å²) < 4.78 is 9.51. The Morgan fingerprint density at radius 1 is 1.26 bits per heavy atom. The van der Waals surface area contributed by atoms with Gasteiger partial charge < -0.3 is 9.47 Å². The lowest BCUT2D eigenvalue weighted by molar-refractivity contribution is -0.148. The lowest BCUT2D eigenvalue weighted by Gasteiger charge is -2.04. The summed E-state index contributed by atoms with van der Waals surface area (Å²) in [5.41, 5.74) is 0.860. The molecule has 0 aliphatic heterocycles. The third-order valence-electron chi connectivity index (χ3n) is 2.10. The molecule has 0 saturated heterocycles. The van der Waals surface area contributed by atoms with Crippen LogP contribution in [0.25, 0.3) is 6.08 Å². The second-order valence-electron chi connectivity index (χ2n) is 3.72. The Kier molecular flexibility index (Phi) is 6.09. The van der Waals surface area contributed by atoms with Gasteiger partial charge in [-0.1, -0.05) is 37.3 Å². The maximum absolute atomic E-state index is 11.4. The van der Waals surface area contributed by atoms with Crippen LogP contribution < -0.4 is 0 Å². The SMILES string of the molecule is C=C(OC(=O)/C=C/c1ccccc1)C(=O)OCCC. The van der Waals surface area contributed by atoms with Crippen molar-refractivity contribution < 1.29 is 19.1 Å². The maximum atomic E-state index is 11.4. The van der Waals surface area contributed by atoms with Crippen LogP contribution in [0.4, 0.5) is 0 Å².